The van der Waals surface area contributed by atoms with Crippen LogP contribution in [-0.4, -0.2) is 27.3 Å². The molecule has 0 amide bonds. The van der Waals surface area contributed by atoms with Gasteiger partial charge in [-0.05, 0) is 0 Å². The molecule has 0 saturated heterocycles. The number of nitrogens with zero attached hydrogens (tertiary/aromatic N) is 3. The lowest BCUT2D eigenvalue weighted by Crippen LogP contribution is -2.25. The number of alkyl halides is 3. The number of halogens is 3. The van der Waals surface area contributed by atoms with E-state index >= 15 is 0 Å². The van der Waals surface area contributed by atoms with Gasteiger partial charge in [-0.1, -0.05) is 0 Å². The Hall–Kier alpha value is -2.32. The Bertz CT molecular complexity index is 687. The average molecular weight is 275 g/mol. The number of rotatable bonds is 2. The third kappa shape index (κ3) is 2.44. The second kappa shape index (κ2) is 4.41. The molecule has 0 aliphatic heterocycles. The summed E-state index contributed by atoms with van der Waals surface area (Å²) in [4.78, 5) is 22.7. The Labute approximate surface area is 104 Å². The monoisotopic (exact) mass is 275 g/mol. The van der Waals surface area contributed by atoms with Gasteiger partial charge in [0.05, 0.1) is 7.11 Å². The average Bonchev–Trinajstić information content (AvgIpc) is 2.76. The van der Waals surface area contributed by atoms with Crippen LogP contribution in [0.3, 0.4) is 0 Å². The summed E-state index contributed by atoms with van der Waals surface area (Å²) in [7, 11) is 1.12. The largest absolute Gasteiger partial charge is 0.468 e. The molecule has 2 rings (SSSR count). The number of hydrogen-bond donors (Lipinski definition) is 0. The van der Waals surface area contributed by atoms with Gasteiger partial charge in [-0.15, -0.1) is 0 Å². The van der Waals surface area contributed by atoms with E-state index in [9.17, 15) is 22.8 Å². The fraction of sp³-hybridized carbons (Fsp3) is 0.300. The summed E-state index contributed by atoms with van der Waals surface area (Å²) in [5.74, 6) is -0.745. The zero-order valence-corrected chi connectivity index (χ0v) is 9.64. The van der Waals surface area contributed by atoms with Crippen molar-refractivity contribution in [2.75, 3.05) is 7.11 Å². The minimum Gasteiger partial charge on any atom is -0.468 e. The highest BCUT2D eigenvalue weighted by molar-refractivity contribution is 5.69. The van der Waals surface area contributed by atoms with Crippen LogP contribution in [0.5, 0.6) is 0 Å². The van der Waals surface area contributed by atoms with Crippen LogP contribution in [0, 0.1) is 0 Å². The molecule has 102 valence electrons. The molecule has 0 aliphatic carbocycles. The molecule has 0 atom stereocenters. The predicted molar refractivity (Wildman–Crippen MR) is 56.5 cm³/mol. The molecular formula is C10H8F3N3O3. The highest BCUT2D eigenvalue weighted by Crippen LogP contribution is 2.28. The number of fused-ring (bicyclic) bond motifs is 1. The topological polar surface area (TPSA) is 65.6 Å². The number of hydrogen-bond acceptors (Lipinski definition) is 4. The molecule has 19 heavy (non-hydrogen) atoms. The van der Waals surface area contributed by atoms with Crippen molar-refractivity contribution in [1.29, 1.82) is 0 Å². The van der Waals surface area contributed by atoms with Crippen molar-refractivity contribution < 1.29 is 22.7 Å². The maximum absolute atomic E-state index is 12.5. The number of aromatic nitrogens is 3. The Morgan fingerprint density at radius 2 is 2.16 bits per heavy atom. The van der Waals surface area contributed by atoms with E-state index in [1.165, 1.54) is 0 Å². The van der Waals surface area contributed by atoms with Crippen LogP contribution >= 0.6 is 0 Å². The first-order valence-electron chi connectivity index (χ1n) is 5.06. The van der Waals surface area contributed by atoms with Crippen molar-refractivity contribution in [3.05, 3.63) is 34.4 Å². The van der Waals surface area contributed by atoms with Crippen LogP contribution in [0.4, 0.5) is 13.2 Å². The molecule has 0 spiro atoms. The van der Waals surface area contributed by atoms with E-state index in [4.69, 9.17) is 0 Å². The smallest absolute Gasteiger partial charge is 0.435 e. The van der Waals surface area contributed by atoms with Crippen LogP contribution in [0.1, 0.15) is 5.69 Å². The van der Waals surface area contributed by atoms with Gasteiger partial charge >= 0.3 is 12.1 Å². The highest BCUT2D eigenvalue weighted by atomic mass is 19.4. The number of esters is 1. The van der Waals surface area contributed by atoms with Crippen molar-refractivity contribution >= 4 is 11.6 Å². The normalized spacial score (nSPS) is 11.8. The predicted octanol–water partition coefficient (Wildman–Crippen LogP) is 0.688. The Balaban J connectivity index is 2.62. The molecule has 0 aromatic carbocycles. The third-order valence-corrected chi connectivity index (χ3v) is 2.42. The number of carbonyl (C=O) groups excluding carboxylic acids is 1. The van der Waals surface area contributed by atoms with E-state index < -0.39 is 29.9 Å². The summed E-state index contributed by atoms with van der Waals surface area (Å²) in [5.41, 5.74) is -1.89. The summed E-state index contributed by atoms with van der Waals surface area (Å²) in [6.07, 6.45) is -3.53. The summed E-state index contributed by atoms with van der Waals surface area (Å²) in [6.45, 7) is -0.483. The second-order valence-corrected chi connectivity index (χ2v) is 3.65. The first-order chi connectivity index (χ1) is 8.82. The summed E-state index contributed by atoms with van der Waals surface area (Å²) < 4.78 is 43.7. The summed E-state index contributed by atoms with van der Waals surface area (Å²) in [6, 6.07) is 1.72. The first-order valence-corrected chi connectivity index (χ1v) is 5.06. The minimum atomic E-state index is -4.63. The van der Waals surface area contributed by atoms with Gasteiger partial charge in [-0.25, -0.2) is 4.52 Å². The van der Waals surface area contributed by atoms with Crippen molar-refractivity contribution in [1.82, 2.24) is 14.2 Å². The lowest BCUT2D eigenvalue weighted by molar-refractivity contribution is -0.142. The van der Waals surface area contributed by atoms with Gasteiger partial charge in [-0.2, -0.15) is 18.3 Å². The van der Waals surface area contributed by atoms with Crippen LogP contribution in [-0.2, 0) is 22.3 Å². The Morgan fingerprint density at radius 3 is 2.74 bits per heavy atom. The zero-order valence-electron chi connectivity index (χ0n) is 9.64. The van der Waals surface area contributed by atoms with E-state index in [0.29, 0.717) is 6.07 Å². The van der Waals surface area contributed by atoms with Gasteiger partial charge in [0.25, 0.3) is 5.56 Å². The van der Waals surface area contributed by atoms with Crippen molar-refractivity contribution in [3.63, 3.8) is 0 Å². The van der Waals surface area contributed by atoms with Crippen LogP contribution in [0.25, 0.3) is 5.65 Å². The second-order valence-electron chi connectivity index (χ2n) is 3.65. The Kier molecular flexibility index (Phi) is 3.05. The quantitative estimate of drug-likeness (QED) is 0.756. The fourth-order valence-electron chi connectivity index (χ4n) is 1.52. The highest BCUT2D eigenvalue weighted by Gasteiger charge is 2.34. The van der Waals surface area contributed by atoms with E-state index in [-0.39, 0.29) is 5.65 Å². The summed E-state index contributed by atoms with van der Waals surface area (Å²) in [5, 5.41) is 3.30. The molecule has 2 aromatic rings. The van der Waals surface area contributed by atoms with Crippen LogP contribution in [0.15, 0.2) is 23.1 Å². The van der Waals surface area contributed by atoms with Crippen LogP contribution < -0.4 is 5.56 Å². The molecule has 2 heterocycles. The lowest BCUT2D eigenvalue weighted by atomic mass is 10.4. The van der Waals surface area contributed by atoms with Crippen molar-refractivity contribution in [3.8, 4) is 0 Å². The third-order valence-electron chi connectivity index (χ3n) is 2.42. The molecule has 0 unspecified atom stereocenters. The maximum atomic E-state index is 12.5. The molecule has 0 bridgehead atoms. The van der Waals surface area contributed by atoms with Gasteiger partial charge in [0.1, 0.15) is 12.2 Å². The Morgan fingerprint density at radius 1 is 1.47 bits per heavy atom. The zero-order chi connectivity index (χ0) is 14.2. The van der Waals surface area contributed by atoms with Crippen LogP contribution in [0.2, 0.25) is 0 Å². The van der Waals surface area contributed by atoms with Gasteiger partial charge in [0.15, 0.2) is 5.69 Å². The van der Waals surface area contributed by atoms with E-state index in [1.807, 2.05) is 0 Å². The first kappa shape index (κ1) is 13.1. The van der Waals surface area contributed by atoms with Gasteiger partial charge in [-0.3, -0.25) is 14.2 Å². The number of methoxy groups -OCH3 is 1. The lowest BCUT2D eigenvalue weighted by Gasteiger charge is -2.05. The van der Waals surface area contributed by atoms with Crippen molar-refractivity contribution in [2.45, 2.75) is 12.7 Å². The van der Waals surface area contributed by atoms with Gasteiger partial charge in [0.2, 0.25) is 0 Å². The standard InChI is InChI=1S/C10H8F3N3O3/c1-19-9(18)5-15-7-4-6(10(11,12)13)14-16(7)3-2-8(15)17/h2-4H,5H2,1H3. The molecule has 6 nitrogen and oxygen atoms in total. The number of carbonyl (C=O) groups is 1. The van der Waals surface area contributed by atoms with Gasteiger partial charge < -0.3 is 4.74 Å². The maximum Gasteiger partial charge on any atom is 0.435 e. The van der Waals surface area contributed by atoms with E-state index in [2.05, 4.69) is 9.84 Å². The van der Waals surface area contributed by atoms with Crippen molar-refractivity contribution in [2.24, 2.45) is 0 Å². The van der Waals surface area contributed by atoms with E-state index in [1.54, 1.807) is 0 Å². The van der Waals surface area contributed by atoms with Gasteiger partial charge in [0, 0.05) is 18.3 Å². The molecule has 0 aliphatic rings. The number of ether oxygens (including phenoxy) is 1. The molecular weight excluding hydrogens is 267 g/mol. The summed E-state index contributed by atoms with van der Waals surface area (Å²) >= 11 is 0. The molecule has 0 N–H and O–H groups in total. The SMILES string of the molecule is COC(=O)Cn1c(=O)ccn2nc(C(F)(F)F)cc12. The molecule has 9 heteroatoms. The van der Waals surface area contributed by atoms with E-state index in [0.717, 1.165) is 28.5 Å². The fourth-order valence-corrected chi connectivity index (χ4v) is 1.52. The minimum absolute atomic E-state index is 0.134. The molecule has 2 aromatic heterocycles. The molecule has 0 radical (unpaired) electrons. The molecule has 0 fully saturated rings. The molecule has 0 saturated carbocycles.